The molecule has 0 spiro atoms. The van der Waals surface area contributed by atoms with Gasteiger partial charge in [-0.2, -0.15) is 0 Å². The zero-order valence-electron chi connectivity index (χ0n) is 18.2. The molecule has 1 aromatic carbocycles. The summed E-state index contributed by atoms with van der Waals surface area (Å²) in [4.78, 5) is 24.0. The second-order valence-electron chi connectivity index (χ2n) is 8.39. The number of benzene rings is 1. The Balaban J connectivity index is 1.35. The summed E-state index contributed by atoms with van der Waals surface area (Å²) in [7, 11) is 0. The summed E-state index contributed by atoms with van der Waals surface area (Å²) >= 11 is 0. The van der Waals surface area contributed by atoms with Gasteiger partial charge in [-0.15, -0.1) is 0 Å². The number of aryl methyl sites for hydroxylation is 2. The van der Waals surface area contributed by atoms with Gasteiger partial charge in [0.2, 0.25) is 0 Å². The number of aliphatic hydroxyl groups excluding tert-OH is 1. The van der Waals surface area contributed by atoms with Gasteiger partial charge in [0.25, 0.3) is 0 Å². The normalized spacial score (nSPS) is 15.6. The fourth-order valence-electron chi connectivity index (χ4n) is 4.23. The first-order valence-electron chi connectivity index (χ1n) is 10.9. The van der Waals surface area contributed by atoms with Crippen molar-refractivity contribution in [3.05, 3.63) is 58.5 Å². The number of ether oxygens (including phenoxy) is 1. The standard InChI is InChI=1S/C24H26N4O4/c1-15-13-28-14-21(26-23(28)16(2)25-15)20-11-17-3-4-19(12-22(17)32-24(20)30)31-10-9-27-7-5-18(29)6-8-27/h3-4,11-14,18,29H,5-10H2,1-2H3. The van der Waals surface area contributed by atoms with E-state index in [4.69, 9.17) is 9.15 Å². The Hall–Kier alpha value is -3.23. The van der Waals surface area contributed by atoms with Crippen LogP contribution in [0.1, 0.15) is 24.2 Å². The molecule has 4 aromatic rings. The second kappa shape index (κ2) is 8.37. The summed E-state index contributed by atoms with van der Waals surface area (Å²) in [6, 6.07) is 7.33. The average molecular weight is 434 g/mol. The molecule has 8 heteroatoms. The number of aromatic nitrogens is 3. The number of nitrogens with zero attached hydrogens (tertiary/aromatic N) is 4. The summed E-state index contributed by atoms with van der Waals surface area (Å²) in [6.45, 7) is 6.94. The smallest absolute Gasteiger partial charge is 0.345 e. The highest BCUT2D eigenvalue weighted by Gasteiger charge is 2.17. The molecule has 0 radical (unpaired) electrons. The largest absolute Gasteiger partial charge is 0.492 e. The molecular weight excluding hydrogens is 408 g/mol. The van der Waals surface area contributed by atoms with Crippen molar-refractivity contribution < 1.29 is 14.3 Å². The lowest BCUT2D eigenvalue weighted by Crippen LogP contribution is -2.38. The molecule has 32 heavy (non-hydrogen) atoms. The summed E-state index contributed by atoms with van der Waals surface area (Å²) in [6.07, 6.45) is 5.16. The van der Waals surface area contributed by atoms with Crippen molar-refractivity contribution in [3.8, 4) is 17.0 Å². The van der Waals surface area contributed by atoms with Crippen molar-refractivity contribution in [3.63, 3.8) is 0 Å². The van der Waals surface area contributed by atoms with Crippen LogP contribution in [0, 0.1) is 13.8 Å². The predicted molar refractivity (Wildman–Crippen MR) is 121 cm³/mol. The van der Waals surface area contributed by atoms with Gasteiger partial charge in [-0.05, 0) is 44.9 Å². The number of aliphatic hydroxyl groups is 1. The Labute approximate surface area is 185 Å². The molecular formula is C24H26N4O4. The molecule has 1 fully saturated rings. The lowest BCUT2D eigenvalue weighted by Gasteiger charge is -2.29. The summed E-state index contributed by atoms with van der Waals surface area (Å²) in [5, 5.41) is 10.4. The van der Waals surface area contributed by atoms with Gasteiger partial charge in [0.1, 0.15) is 17.9 Å². The molecule has 166 valence electrons. The van der Waals surface area contributed by atoms with Crippen LogP contribution in [0.25, 0.3) is 27.9 Å². The van der Waals surface area contributed by atoms with Gasteiger partial charge in [0.15, 0.2) is 5.65 Å². The van der Waals surface area contributed by atoms with E-state index in [9.17, 15) is 9.90 Å². The maximum Gasteiger partial charge on any atom is 0.345 e. The van der Waals surface area contributed by atoms with E-state index in [0.717, 1.165) is 54.9 Å². The summed E-state index contributed by atoms with van der Waals surface area (Å²) in [5.74, 6) is 0.662. The number of hydrogen-bond donors (Lipinski definition) is 1. The summed E-state index contributed by atoms with van der Waals surface area (Å²) in [5.41, 5.74) is 3.43. The molecule has 0 bridgehead atoms. The third-order valence-electron chi connectivity index (χ3n) is 5.94. The van der Waals surface area contributed by atoms with Crippen molar-refractivity contribution in [2.45, 2.75) is 32.8 Å². The number of imidazole rings is 1. The molecule has 0 atom stereocenters. The molecule has 1 saturated heterocycles. The molecule has 0 aliphatic carbocycles. The average Bonchev–Trinajstić information content (AvgIpc) is 3.19. The van der Waals surface area contributed by atoms with Crippen LogP contribution < -0.4 is 10.4 Å². The molecule has 3 aromatic heterocycles. The maximum atomic E-state index is 12.7. The maximum absolute atomic E-state index is 12.7. The zero-order valence-corrected chi connectivity index (χ0v) is 18.2. The molecule has 0 saturated carbocycles. The Morgan fingerprint density at radius 2 is 1.97 bits per heavy atom. The zero-order chi connectivity index (χ0) is 22.2. The molecule has 1 aliphatic rings. The van der Waals surface area contributed by atoms with E-state index >= 15 is 0 Å². The Morgan fingerprint density at radius 1 is 1.16 bits per heavy atom. The van der Waals surface area contributed by atoms with Crippen LogP contribution in [-0.4, -0.2) is 56.7 Å². The van der Waals surface area contributed by atoms with E-state index in [1.54, 1.807) is 12.1 Å². The first kappa shape index (κ1) is 20.7. The monoisotopic (exact) mass is 434 g/mol. The number of likely N-dealkylation sites (tertiary alicyclic amines) is 1. The SMILES string of the molecule is Cc1cn2cc(-c3cc4ccc(OCCN5CCC(O)CC5)cc4oc3=O)nc2c(C)n1. The minimum absolute atomic E-state index is 0.175. The topological polar surface area (TPSA) is 93.1 Å². The fraction of sp³-hybridized carbons (Fsp3) is 0.375. The third kappa shape index (κ3) is 4.11. The van der Waals surface area contributed by atoms with Crippen LogP contribution in [0.2, 0.25) is 0 Å². The lowest BCUT2D eigenvalue weighted by molar-refractivity contribution is 0.0755. The lowest BCUT2D eigenvalue weighted by atomic mass is 10.1. The van der Waals surface area contributed by atoms with Crippen LogP contribution >= 0.6 is 0 Å². The van der Waals surface area contributed by atoms with Crippen LogP contribution in [0.15, 0.2) is 45.9 Å². The third-order valence-corrected chi connectivity index (χ3v) is 5.94. The fourth-order valence-corrected chi connectivity index (χ4v) is 4.23. The molecule has 1 N–H and O–H groups in total. The molecule has 0 amide bonds. The highest BCUT2D eigenvalue weighted by atomic mass is 16.5. The second-order valence-corrected chi connectivity index (χ2v) is 8.39. The minimum Gasteiger partial charge on any atom is -0.492 e. The van der Waals surface area contributed by atoms with Crippen molar-refractivity contribution in [2.75, 3.05) is 26.2 Å². The quantitative estimate of drug-likeness (QED) is 0.483. The minimum atomic E-state index is -0.438. The predicted octanol–water partition coefficient (Wildman–Crippen LogP) is 2.96. The van der Waals surface area contributed by atoms with Crippen LogP contribution in [0.5, 0.6) is 5.75 Å². The van der Waals surface area contributed by atoms with Crippen molar-refractivity contribution in [2.24, 2.45) is 0 Å². The van der Waals surface area contributed by atoms with Gasteiger partial charge in [-0.25, -0.2) is 9.78 Å². The highest BCUT2D eigenvalue weighted by molar-refractivity contribution is 5.82. The van der Waals surface area contributed by atoms with Crippen molar-refractivity contribution >= 4 is 16.6 Å². The van der Waals surface area contributed by atoms with E-state index in [1.807, 2.05) is 42.8 Å². The highest BCUT2D eigenvalue weighted by Crippen LogP contribution is 2.25. The number of hydrogen-bond acceptors (Lipinski definition) is 7. The molecule has 8 nitrogen and oxygen atoms in total. The van der Waals surface area contributed by atoms with Crippen LogP contribution in [0.3, 0.4) is 0 Å². The first-order chi connectivity index (χ1) is 15.5. The summed E-state index contributed by atoms with van der Waals surface area (Å²) < 4.78 is 13.4. The number of rotatable bonds is 5. The van der Waals surface area contributed by atoms with E-state index in [0.29, 0.717) is 29.2 Å². The van der Waals surface area contributed by atoms with E-state index in [-0.39, 0.29) is 6.10 Å². The van der Waals surface area contributed by atoms with E-state index < -0.39 is 5.63 Å². The van der Waals surface area contributed by atoms with Gasteiger partial charge >= 0.3 is 5.63 Å². The number of fused-ring (bicyclic) bond motifs is 2. The van der Waals surface area contributed by atoms with Gasteiger partial charge in [0, 0.05) is 43.5 Å². The molecule has 0 unspecified atom stereocenters. The van der Waals surface area contributed by atoms with Crippen LogP contribution in [-0.2, 0) is 0 Å². The van der Waals surface area contributed by atoms with E-state index in [1.165, 1.54) is 0 Å². The van der Waals surface area contributed by atoms with Crippen LogP contribution in [0.4, 0.5) is 0 Å². The van der Waals surface area contributed by atoms with Gasteiger partial charge in [0.05, 0.1) is 28.7 Å². The Bertz CT molecular complexity index is 1340. The van der Waals surface area contributed by atoms with Crippen molar-refractivity contribution in [1.29, 1.82) is 0 Å². The first-order valence-corrected chi connectivity index (χ1v) is 10.9. The van der Waals surface area contributed by atoms with Gasteiger partial charge < -0.3 is 18.7 Å². The number of piperidine rings is 1. The molecule has 4 heterocycles. The van der Waals surface area contributed by atoms with Gasteiger partial charge in [-0.1, -0.05) is 0 Å². The Kier molecular flexibility index (Phi) is 5.40. The van der Waals surface area contributed by atoms with Crippen molar-refractivity contribution in [1.82, 2.24) is 19.3 Å². The van der Waals surface area contributed by atoms with E-state index in [2.05, 4.69) is 14.9 Å². The Morgan fingerprint density at radius 3 is 2.78 bits per heavy atom. The van der Waals surface area contributed by atoms with Gasteiger partial charge in [-0.3, -0.25) is 9.88 Å². The molecule has 5 rings (SSSR count). The molecule has 1 aliphatic heterocycles.